The maximum absolute atomic E-state index is 12.7. The monoisotopic (exact) mass is 335 g/mol. The molecule has 0 bridgehead atoms. The molecule has 1 aromatic rings. The summed E-state index contributed by atoms with van der Waals surface area (Å²) < 4.78 is 31.8. The second kappa shape index (κ2) is 7.35. The lowest BCUT2D eigenvalue weighted by Crippen LogP contribution is -2.40. The number of carboxylic acid groups (broad SMARTS) is 1. The SMILES string of the molecule is CCC(C)N(CCOC)S(=O)(=O)c1cc(C)c(C(=O)O)s1. The van der Waals surface area contributed by atoms with Crippen molar-refractivity contribution in [2.24, 2.45) is 0 Å². The normalized spacial score (nSPS) is 13.6. The van der Waals surface area contributed by atoms with E-state index in [1.165, 1.54) is 17.5 Å². The summed E-state index contributed by atoms with van der Waals surface area (Å²) in [5.41, 5.74) is 0.460. The number of methoxy groups -OCH3 is 1. The summed E-state index contributed by atoms with van der Waals surface area (Å²) in [5.74, 6) is -1.11. The third-order valence-electron chi connectivity index (χ3n) is 3.25. The Morgan fingerprint density at radius 1 is 1.52 bits per heavy atom. The number of carboxylic acids is 1. The zero-order valence-corrected chi connectivity index (χ0v) is 14.3. The minimum atomic E-state index is -3.71. The van der Waals surface area contributed by atoms with E-state index in [0.29, 0.717) is 18.6 Å². The third-order valence-corrected chi connectivity index (χ3v) is 6.94. The summed E-state index contributed by atoms with van der Waals surface area (Å²) in [7, 11) is -2.20. The molecule has 0 fully saturated rings. The topological polar surface area (TPSA) is 83.9 Å². The van der Waals surface area contributed by atoms with Gasteiger partial charge in [-0.2, -0.15) is 4.31 Å². The molecule has 0 amide bonds. The largest absolute Gasteiger partial charge is 0.477 e. The van der Waals surface area contributed by atoms with Gasteiger partial charge in [-0.1, -0.05) is 6.92 Å². The molecule has 1 atom stereocenters. The molecular weight excluding hydrogens is 314 g/mol. The van der Waals surface area contributed by atoms with Gasteiger partial charge in [0.15, 0.2) is 0 Å². The highest BCUT2D eigenvalue weighted by molar-refractivity contribution is 7.91. The van der Waals surface area contributed by atoms with Gasteiger partial charge in [-0.3, -0.25) is 0 Å². The maximum atomic E-state index is 12.7. The fraction of sp³-hybridized carbons (Fsp3) is 0.615. The van der Waals surface area contributed by atoms with Gasteiger partial charge in [0, 0.05) is 19.7 Å². The summed E-state index contributed by atoms with van der Waals surface area (Å²) in [6.07, 6.45) is 0.666. The van der Waals surface area contributed by atoms with Gasteiger partial charge in [-0.25, -0.2) is 13.2 Å². The van der Waals surface area contributed by atoms with Crippen LogP contribution in [0.2, 0.25) is 0 Å². The van der Waals surface area contributed by atoms with Gasteiger partial charge in [0.1, 0.15) is 9.09 Å². The summed E-state index contributed by atoms with van der Waals surface area (Å²) >= 11 is 0.794. The number of nitrogens with zero attached hydrogens (tertiary/aromatic N) is 1. The fourth-order valence-corrected chi connectivity index (χ4v) is 5.07. The molecule has 0 spiro atoms. The number of rotatable bonds is 8. The zero-order valence-electron chi connectivity index (χ0n) is 12.6. The Bertz CT molecular complexity index is 594. The van der Waals surface area contributed by atoms with E-state index in [-0.39, 0.29) is 21.7 Å². The minimum Gasteiger partial charge on any atom is -0.477 e. The van der Waals surface area contributed by atoms with Crippen molar-refractivity contribution in [1.82, 2.24) is 4.31 Å². The number of hydrogen-bond donors (Lipinski definition) is 1. The van der Waals surface area contributed by atoms with Crippen LogP contribution in [-0.2, 0) is 14.8 Å². The second-order valence-corrected chi connectivity index (χ2v) is 7.92. The summed E-state index contributed by atoms with van der Waals surface area (Å²) in [6, 6.07) is 1.24. The van der Waals surface area contributed by atoms with Crippen molar-refractivity contribution in [1.29, 1.82) is 0 Å². The Labute approximate surface area is 129 Å². The average molecular weight is 335 g/mol. The number of hydrogen-bond acceptors (Lipinski definition) is 5. The molecule has 1 rings (SSSR count). The Morgan fingerprint density at radius 3 is 2.57 bits per heavy atom. The maximum Gasteiger partial charge on any atom is 0.346 e. The van der Waals surface area contributed by atoms with E-state index >= 15 is 0 Å². The van der Waals surface area contributed by atoms with E-state index in [2.05, 4.69) is 0 Å². The first-order valence-corrected chi connectivity index (χ1v) is 8.85. The standard InChI is InChI=1S/C13H21NO5S2/c1-5-10(3)14(6-7-19-4)21(17,18)11-8-9(2)12(20-11)13(15)16/h8,10H,5-7H2,1-4H3,(H,15,16). The lowest BCUT2D eigenvalue weighted by Gasteiger charge is -2.26. The number of carbonyl (C=O) groups is 1. The Kier molecular flexibility index (Phi) is 6.33. The van der Waals surface area contributed by atoms with Crippen molar-refractivity contribution in [3.05, 3.63) is 16.5 Å². The highest BCUT2D eigenvalue weighted by Crippen LogP contribution is 2.29. The number of aryl methyl sites for hydroxylation is 1. The lowest BCUT2D eigenvalue weighted by atomic mass is 10.3. The Balaban J connectivity index is 3.22. The molecule has 120 valence electrons. The predicted molar refractivity (Wildman–Crippen MR) is 81.5 cm³/mol. The van der Waals surface area contributed by atoms with E-state index in [4.69, 9.17) is 9.84 Å². The molecule has 1 unspecified atom stereocenters. The van der Waals surface area contributed by atoms with Crippen LogP contribution in [0.4, 0.5) is 0 Å². The highest BCUT2D eigenvalue weighted by Gasteiger charge is 2.30. The molecule has 21 heavy (non-hydrogen) atoms. The minimum absolute atomic E-state index is 0.0596. The van der Waals surface area contributed by atoms with Crippen molar-refractivity contribution < 1.29 is 23.1 Å². The smallest absolute Gasteiger partial charge is 0.346 e. The van der Waals surface area contributed by atoms with Crippen LogP contribution >= 0.6 is 11.3 Å². The van der Waals surface area contributed by atoms with Crippen LogP contribution in [0.3, 0.4) is 0 Å². The molecule has 8 heteroatoms. The Hall–Kier alpha value is -0.960. The van der Waals surface area contributed by atoms with E-state index in [9.17, 15) is 13.2 Å². The van der Waals surface area contributed by atoms with Crippen LogP contribution in [0.5, 0.6) is 0 Å². The van der Waals surface area contributed by atoms with Crippen molar-refractivity contribution in [2.45, 2.75) is 37.4 Å². The molecule has 0 aromatic carbocycles. The number of thiophene rings is 1. The van der Waals surface area contributed by atoms with Gasteiger partial charge in [-0.15, -0.1) is 11.3 Å². The zero-order chi connectivity index (χ0) is 16.2. The Morgan fingerprint density at radius 2 is 2.14 bits per heavy atom. The van der Waals surface area contributed by atoms with Crippen LogP contribution < -0.4 is 0 Å². The van der Waals surface area contributed by atoms with Gasteiger partial charge in [0.25, 0.3) is 10.0 Å². The predicted octanol–water partition coefficient (Wildman–Crippen LogP) is 2.19. The van der Waals surface area contributed by atoms with E-state index < -0.39 is 16.0 Å². The van der Waals surface area contributed by atoms with Gasteiger partial charge < -0.3 is 9.84 Å². The average Bonchev–Trinajstić information content (AvgIpc) is 2.81. The molecule has 6 nitrogen and oxygen atoms in total. The molecule has 1 aromatic heterocycles. The summed E-state index contributed by atoms with van der Waals surface area (Å²) in [6.45, 7) is 5.86. The molecule has 1 heterocycles. The molecular formula is C13H21NO5S2. The van der Waals surface area contributed by atoms with Crippen LogP contribution in [0.1, 0.15) is 35.5 Å². The highest BCUT2D eigenvalue weighted by atomic mass is 32.2. The lowest BCUT2D eigenvalue weighted by molar-refractivity contribution is 0.0701. The molecule has 0 aliphatic heterocycles. The third kappa shape index (κ3) is 4.03. The van der Waals surface area contributed by atoms with E-state index in [0.717, 1.165) is 11.3 Å². The van der Waals surface area contributed by atoms with Crippen LogP contribution in [0.15, 0.2) is 10.3 Å². The van der Waals surface area contributed by atoms with Gasteiger partial charge in [0.2, 0.25) is 0 Å². The van der Waals surface area contributed by atoms with Gasteiger partial charge in [0.05, 0.1) is 6.61 Å². The molecule has 0 radical (unpaired) electrons. The van der Waals surface area contributed by atoms with Crippen molar-refractivity contribution in [2.75, 3.05) is 20.3 Å². The van der Waals surface area contributed by atoms with Crippen molar-refractivity contribution in [3.63, 3.8) is 0 Å². The van der Waals surface area contributed by atoms with Crippen LogP contribution in [0.25, 0.3) is 0 Å². The summed E-state index contributed by atoms with van der Waals surface area (Å²) in [4.78, 5) is 11.1. The van der Waals surface area contributed by atoms with Crippen LogP contribution in [0, 0.1) is 6.92 Å². The first-order valence-electron chi connectivity index (χ1n) is 6.60. The van der Waals surface area contributed by atoms with Gasteiger partial charge >= 0.3 is 5.97 Å². The number of sulfonamides is 1. The first kappa shape index (κ1) is 18.1. The molecule has 0 saturated heterocycles. The quantitative estimate of drug-likeness (QED) is 0.787. The van der Waals surface area contributed by atoms with Gasteiger partial charge in [-0.05, 0) is 31.9 Å². The number of ether oxygens (including phenoxy) is 1. The first-order chi connectivity index (χ1) is 9.75. The molecule has 1 N–H and O–H groups in total. The summed E-state index contributed by atoms with van der Waals surface area (Å²) in [5, 5.41) is 9.06. The molecule has 0 saturated carbocycles. The van der Waals surface area contributed by atoms with Crippen molar-refractivity contribution in [3.8, 4) is 0 Å². The van der Waals surface area contributed by atoms with Crippen LogP contribution in [-0.4, -0.2) is 50.1 Å². The molecule has 0 aliphatic rings. The van der Waals surface area contributed by atoms with E-state index in [1.807, 2.05) is 13.8 Å². The van der Waals surface area contributed by atoms with E-state index in [1.54, 1.807) is 6.92 Å². The fourth-order valence-electron chi connectivity index (χ4n) is 1.87. The molecule has 0 aliphatic carbocycles. The van der Waals surface area contributed by atoms with Crippen molar-refractivity contribution >= 4 is 27.3 Å². The second-order valence-electron chi connectivity index (χ2n) is 4.75. The number of aromatic carboxylic acids is 1.